The Hall–Kier alpha value is -3.02. The summed E-state index contributed by atoms with van der Waals surface area (Å²) >= 11 is 0. The molecule has 0 radical (unpaired) electrons. The maximum atomic E-state index is 12.1. The molecule has 2 rings (SSSR count). The van der Waals surface area contributed by atoms with Gasteiger partial charge in [0.25, 0.3) is 11.8 Å². The second-order valence-corrected chi connectivity index (χ2v) is 4.43. The smallest absolute Gasteiger partial charge is 0.270 e. The largest absolute Gasteiger partial charge is 0.349 e. The number of pyridine rings is 2. The van der Waals surface area contributed by atoms with Crippen molar-refractivity contribution in [2.75, 3.05) is 6.54 Å². The molecule has 0 spiro atoms. The monoisotopic (exact) mass is 296 g/mol. The van der Waals surface area contributed by atoms with E-state index in [1.807, 2.05) is 12.1 Å². The van der Waals surface area contributed by atoms with Crippen molar-refractivity contribution in [3.63, 3.8) is 0 Å². The standard InChI is InChI=1S/C16H16N4O2/c1-2-7-19-15(21)12-6-9-18-14(10-12)16(22)20-11-13-5-3-4-8-17-13/h2-6,8-10H,1,7,11H2,(H,19,21)(H,20,22). The Balaban J connectivity index is 2.00. The number of rotatable bonds is 6. The summed E-state index contributed by atoms with van der Waals surface area (Å²) in [4.78, 5) is 32.0. The molecule has 2 heterocycles. The van der Waals surface area contributed by atoms with Crippen molar-refractivity contribution in [2.45, 2.75) is 6.54 Å². The van der Waals surface area contributed by atoms with Gasteiger partial charge in [-0.25, -0.2) is 0 Å². The average molecular weight is 296 g/mol. The highest BCUT2D eigenvalue weighted by atomic mass is 16.2. The maximum absolute atomic E-state index is 12.1. The molecule has 0 atom stereocenters. The molecule has 0 aliphatic carbocycles. The van der Waals surface area contributed by atoms with E-state index >= 15 is 0 Å². The Morgan fingerprint density at radius 3 is 2.68 bits per heavy atom. The van der Waals surface area contributed by atoms with E-state index in [4.69, 9.17) is 0 Å². The molecule has 2 aromatic heterocycles. The molecule has 6 nitrogen and oxygen atoms in total. The van der Waals surface area contributed by atoms with Crippen molar-refractivity contribution in [1.29, 1.82) is 0 Å². The Morgan fingerprint density at radius 2 is 1.95 bits per heavy atom. The summed E-state index contributed by atoms with van der Waals surface area (Å²) in [6, 6.07) is 8.46. The molecule has 0 aliphatic rings. The third kappa shape index (κ3) is 4.24. The predicted molar refractivity (Wildman–Crippen MR) is 82.2 cm³/mol. The van der Waals surface area contributed by atoms with Gasteiger partial charge < -0.3 is 10.6 Å². The fourth-order valence-corrected chi connectivity index (χ4v) is 1.73. The van der Waals surface area contributed by atoms with E-state index in [0.29, 0.717) is 18.7 Å². The highest BCUT2D eigenvalue weighted by Gasteiger charge is 2.11. The lowest BCUT2D eigenvalue weighted by Gasteiger charge is -2.06. The normalized spacial score (nSPS) is 9.82. The Labute approximate surface area is 128 Å². The van der Waals surface area contributed by atoms with Crippen molar-refractivity contribution >= 4 is 11.8 Å². The molecular weight excluding hydrogens is 280 g/mol. The number of hydrogen-bond donors (Lipinski definition) is 2. The van der Waals surface area contributed by atoms with Gasteiger partial charge in [0.05, 0.1) is 12.2 Å². The summed E-state index contributed by atoms with van der Waals surface area (Å²) in [5.74, 6) is -0.634. The van der Waals surface area contributed by atoms with Crippen molar-refractivity contribution in [1.82, 2.24) is 20.6 Å². The van der Waals surface area contributed by atoms with Crippen LogP contribution >= 0.6 is 0 Å². The SMILES string of the molecule is C=CCNC(=O)c1ccnc(C(=O)NCc2ccccn2)c1. The van der Waals surface area contributed by atoms with Gasteiger partial charge in [0.15, 0.2) is 0 Å². The minimum Gasteiger partial charge on any atom is -0.349 e. The summed E-state index contributed by atoms with van der Waals surface area (Å²) < 4.78 is 0. The van der Waals surface area contributed by atoms with Gasteiger partial charge in [0.2, 0.25) is 0 Å². The van der Waals surface area contributed by atoms with Crippen molar-refractivity contribution in [2.24, 2.45) is 0 Å². The molecule has 0 saturated heterocycles. The van der Waals surface area contributed by atoms with Crippen LogP contribution in [0.25, 0.3) is 0 Å². The van der Waals surface area contributed by atoms with Crippen LogP contribution in [0, 0.1) is 0 Å². The molecule has 112 valence electrons. The zero-order valence-electron chi connectivity index (χ0n) is 12.0. The van der Waals surface area contributed by atoms with Crippen molar-refractivity contribution in [3.8, 4) is 0 Å². The first-order chi connectivity index (χ1) is 10.7. The van der Waals surface area contributed by atoms with Crippen LogP contribution in [-0.4, -0.2) is 28.3 Å². The third-order valence-corrected chi connectivity index (χ3v) is 2.82. The van der Waals surface area contributed by atoms with Crippen LogP contribution in [0.4, 0.5) is 0 Å². The summed E-state index contributed by atoms with van der Waals surface area (Å²) in [7, 11) is 0. The van der Waals surface area contributed by atoms with E-state index in [-0.39, 0.29) is 17.5 Å². The van der Waals surface area contributed by atoms with E-state index in [0.717, 1.165) is 5.69 Å². The summed E-state index contributed by atoms with van der Waals surface area (Å²) in [6.45, 7) is 4.19. The second kappa shape index (κ2) is 7.68. The van der Waals surface area contributed by atoms with Crippen LogP contribution in [-0.2, 0) is 6.54 Å². The van der Waals surface area contributed by atoms with Crippen LogP contribution in [0.5, 0.6) is 0 Å². The van der Waals surface area contributed by atoms with E-state index in [9.17, 15) is 9.59 Å². The van der Waals surface area contributed by atoms with E-state index in [1.54, 1.807) is 24.4 Å². The van der Waals surface area contributed by atoms with Crippen LogP contribution in [0.2, 0.25) is 0 Å². The first kappa shape index (κ1) is 15.4. The number of nitrogens with zero attached hydrogens (tertiary/aromatic N) is 2. The molecule has 22 heavy (non-hydrogen) atoms. The average Bonchev–Trinajstić information content (AvgIpc) is 2.58. The van der Waals surface area contributed by atoms with Crippen LogP contribution < -0.4 is 10.6 Å². The Bertz CT molecular complexity index is 671. The lowest BCUT2D eigenvalue weighted by Crippen LogP contribution is -2.26. The third-order valence-electron chi connectivity index (χ3n) is 2.82. The van der Waals surface area contributed by atoms with Crippen molar-refractivity contribution in [3.05, 3.63) is 72.3 Å². The molecule has 0 unspecified atom stereocenters. The molecule has 0 fully saturated rings. The van der Waals surface area contributed by atoms with Gasteiger partial charge in [-0.2, -0.15) is 0 Å². The number of carbonyl (C=O) groups is 2. The van der Waals surface area contributed by atoms with Gasteiger partial charge in [0.1, 0.15) is 5.69 Å². The molecule has 2 amide bonds. The molecule has 2 aromatic rings. The van der Waals surface area contributed by atoms with Gasteiger partial charge in [-0.05, 0) is 24.3 Å². The number of amides is 2. The second-order valence-electron chi connectivity index (χ2n) is 4.43. The van der Waals surface area contributed by atoms with E-state index in [1.165, 1.54) is 12.3 Å². The molecule has 0 bridgehead atoms. The van der Waals surface area contributed by atoms with Gasteiger partial charge in [-0.1, -0.05) is 12.1 Å². The summed E-state index contributed by atoms with van der Waals surface area (Å²) in [5.41, 5.74) is 1.30. The van der Waals surface area contributed by atoms with Gasteiger partial charge in [-0.15, -0.1) is 6.58 Å². The zero-order valence-corrected chi connectivity index (χ0v) is 12.0. The Kier molecular flexibility index (Phi) is 5.37. The zero-order chi connectivity index (χ0) is 15.8. The predicted octanol–water partition coefficient (Wildman–Crippen LogP) is 1.32. The molecule has 0 aromatic carbocycles. The van der Waals surface area contributed by atoms with Crippen LogP contribution in [0.3, 0.4) is 0 Å². The lowest BCUT2D eigenvalue weighted by atomic mass is 10.2. The minimum atomic E-state index is -0.357. The van der Waals surface area contributed by atoms with Crippen LogP contribution in [0.15, 0.2) is 55.4 Å². The highest BCUT2D eigenvalue weighted by Crippen LogP contribution is 2.03. The number of hydrogen-bond acceptors (Lipinski definition) is 4. The fourth-order valence-electron chi connectivity index (χ4n) is 1.73. The quantitative estimate of drug-likeness (QED) is 0.788. The summed E-state index contributed by atoms with van der Waals surface area (Å²) in [6.07, 6.45) is 4.67. The van der Waals surface area contributed by atoms with E-state index in [2.05, 4.69) is 27.2 Å². The topological polar surface area (TPSA) is 84.0 Å². The fraction of sp³-hybridized carbons (Fsp3) is 0.125. The number of nitrogens with one attached hydrogen (secondary N) is 2. The first-order valence-electron chi connectivity index (χ1n) is 6.74. The maximum Gasteiger partial charge on any atom is 0.270 e. The molecular formula is C16H16N4O2. The highest BCUT2D eigenvalue weighted by molar-refractivity contribution is 5.98. The Morgan fingerprint density at radius 1 is 1.09 bits per heavy atom. The minimum absolute atomic E-state index is 0.183. The lowest BCUT2D eigenvalue weighted by molar-refractivity contribution is 0.0945. The number of carbonyl (C=O) groups excluding carboxylic acids is 2. The van der Waals surface area contributed by atoms with E-state index < -0.39 is 0 Å². The van der Waals surface area contributed by atoms with Gasteiger partial charge in [-0.3, -0.25) is 19.6 Å². The first-order valence-corrected chi connectivity index (χ1v) is 6.74. The molecule has 0 saturated carbocycles. The molecule has 6 heteroatoms. The molecule has 0 aliphatic heterocycles. The van der Waals surface area contributed by atoms with Gasteiger partial charge in [0, 0.05) is 24.5 Å². The van der Waals surface area contributed by atoms with Crippen LogP contribution in [0.1, 0.15) is 26.5 Å². The van der Waals surface area contributed by atoms with Gasteiger partial charge >= 0.3 is 0 Å². The molecule has 2 N–H and O–H groups in total. The summed E-state index contributed by atoms with van der Waals surface area (Å²) in [5, 5.41) is 5.36. The number of aromatic nitrogens is 2. The van der Waals surface area contributed by atoms with Crippen molar-refractivity contribution < 1.29 is 9.59 Å².